The number of allylic oxidation sites excluding steroid dienone is 2. The molecule has 0 fully saturated rings. The molecule has 1 aliphatic rings. The van der Waals surface area contributed by atoms with E-state index in [9.17, 15) is 0 Å². The third-order valence-corrected chi connectivity index (χ3v) is 2.62. The lowest BCUT2D eigenvalue weighted by Gasteiger charge is -2.29. The van der Waals surface area contributed by atoms with Crippen LogP contribution in [0.4, 0.5) is 0 Å². The van der Waals surface area contributed by atoms with Crippen LogP contribution in [0.2, 0.25) is 0 Å². The van der Waals surface area contributed by atoms with Gasteiger partial charge in [0.15, 0.2) is 0 Å². The second kappa shape index (κ2) is 4.97. The molecule has 0 radical (unpaired) electrons. The second-order valence-electron chi connectivity index (χ2n) is 3.72. The van der Waals surface area contributed by atoms with Crippen molar-refractivity contribution in [3.05, 3.63) is 49.1 Å². The van der Waals surface area contributed by atoms with Crippen molar-refractivity contribution in [3.8, 4) is 0 Å². The largest absolute Gasteiger partial charge is 0.301 e. The van der Waals surface area contributed by atoms with Gasteiger partial charge in [0.05, 0.1) is 5.54 Å². The molecule has 1 aliphatic carbocycles. The van der Waals surface area contributed by atoms with E-state index in [4.69, 9.17) is 0 Å². The Morgan fingerprint density at radius 2 is 2.29 bits per heavy atom. The highest BCUT2D eigenvalue weighted by molar-refractivity contribution is 5.37. The van der Waals surface area contributed by atoms with Crippen molar-refractivity contribution in [1.82, 2.24) is 5.32 Å². The van der Waals surface area contributed by atoms with Crippen LogP contribution in [0.25, 0.3) is 0 Å². The van der Waals surface area contributed by atoms with Crippen molar-refractivity contribution in [3.63, 3.8) is 0 Å². The number of nitrogens with one attached hydrogen (secondary N) is 1. The molecule has 0 aromatic carbocycles. The normalized spacial score (nSPS) is 19.6. The zero-order valence-electron chi connectivity index (χ0n) is 8.92. The summed E-state index contributed by atoms with van der Waals surface area (Å²) in [6, 6.07) is 0. The van der Waals surface area contributed by atoms with E-state index in [1.54, 1.807) is 0 Å². The minimum atomic E-state index is -0.120. The van der Waals surface area contributed by atoms with Crippen molar-refractivity contribution in [2.75, 3.05) is 6.54 Å². The van der Waals surface area contributed by atoms with Crippen LogP contribution in [-0.2, 0) is 0 Å². The summed E-state index contributed by atoms with van der Waals surface area (Å²) in [5.74, 6) is 0. The van der Waals surface area contributed by atoms with Crippen molar-refractivity contribution in [2.45, 2.75) is 25.3 Å². The average Bonchev–Trinajstić information content (AvgIpc) is 2.27. The fourth-order valence-corrected chi connectivity index (χ4v) is 1.57. The highest BCUT2D eigenvalue weighted by Crippen LogP contribution is 2.23. The van der Waals surface area contributed by atoms with E-state index >= 15 is 0 Å². The molecule has 1 N–H and O–H groups in total. The molecule has 1 rings (SSSR count). The fraction of sp³-hybridized carbons (Fsp3) is 0.385. The molecule has 0 amide bonds. The van der Waals surface area contributed by atoms with Crippen LogP contribution >= 0.6 is 0 Å². The quantitative estimate of drug-likeness (QED) is 0.656. The summed E-state index contributed by atoms with van der Waals surface area (Å²) < 4.78 is 0. The minimum Gasteiger partial charge on any atom is -0.301 e. The molecule has 0 saturated carbocycles. The van der Waals surface area contributed by atoms with Gasteiger partial charge >= 0.3 is 0 Å². The lowest BCUT2D eigenvalue weighted by atomic mass is 9.88. The van der Waals surface area contributed by atoms with Crippen LogP contribution in [-0.4, -0.2) is 12.1 Å². The standard InChI is InChI=1S/C13H19N/c1-4-11-14-13(3,5-2)12-9-7-6-8-10-12/h4-5,7,9-10,14H,1-2,6,8,11H2,3H3. The maximum absolute atomic E-state index is 3.89. The SMILES string of the molecule is C=CCNC(C)(C=C)C1=CCCC=C1. The molecule has 1 nitrogen and oxygen atoms in total. The smallest absolute Gasteiger partial charge is 0.0588 e. The summed E-state index contributed by atoms with van der Waals surface area (Å²) in [6.45, 7) is 10.5. The number of rotatable bonds is 5. The van der Waals surface area contributed by atoms with Gasteiger partial charge in [0.2, 0.25) is 0 Å². The van der Waals surface area contributed by atoms with E-state index in [0.717, 1.165) is 19.4 Å². The van der Waals surface area contributed by atoms with Crippen LogP contribution in [0.1, 0.15) is 19.8 Å². The van der Waals surface area contributed by atoms with Crippen molar-refractivity contribution in [1.29, 1.82) is 0 Å². The maximum atomic E-state index is 3.89. The molecule has 1 heteroatoms. The Balaban J connectivity index is 2.76. The molecular weight excluding hydrogens is 170 g/mol. The highest BCUT2D eigenvalue weighted by atomic mass is 15.0. The first-order valence-corrected chi connectivity index (χ1v) is 5.09. The number of hydrogen-bond donors (Lipinski definition) is 1. The predicted octanol–water partition coefficient (Wildman–Crippen LogP) is 2.98. The van der Waals surface area contributed by atoms with Gasteiger partial charge in [-0.1, -0.05) is 30.4 Å². The second-order valence-corrected chi connectivity index (χ2v) is 3.72. The van der Waals surface area contributed by atoms with Crippen LogP contribution in [0.3, 0.4) is 0 Å². The first-order valence-electron chi connectivity index (χ1n) is 5.09. The molecule has 14 heavy (non-hydrogen) atoms. The summed E-state index contributed by atoms with van der Waals surface area (Å²) in [5, 5.41) is 3.41. The molecule has 0 aromatic rings. The Hall–Kier alpha value is -1.08. The minimum absolute atomic E-state index is 0.120. The van der Waals surface area contributed by atoms with Gasteiger partial charge in [-0.3, -0.25) is 0 Å². The first-order chi connectivity index (χ1) is 6.73. The van der Waals surface area contributed by atoms with E-state index in [1.165, 1.54) is 5.57 Å². The summed E-state index contributed by atoms with van der Waals surface area (Å²) in [4.78, 5) is 0. The van der Waals surface area contributed by atoms with Crippen molar-refractivity contribution >= 4 is 0 Å². The zero-order chi connectivity index (χ0) is 10.4. The molecule has 76 valence electrons. The van der Waals surface area contributed by atoms with Crippen LogP contribution in [0.15, 0.2) is 49.1 Å². The highest BCUT2D eigenvalue weighted by Gasteiger charge is 2.22. The Morgan fingerprint density at radius 1 is 1.50 bits per heavy atom. The van der Waals surface area contributed by atoms with Gasteiger partial charge in [0.1, 0.15) is 0 Å². The van der Waals surface area contributed by atoms with Gasteiger partial charge in [0, 0.05) is 6.54 Å². The number of hydrogen-bond acceptors (Lipinski definition) is 1. The van der Waals surface area contributed by atoms with E-state index < -0.39 is 0 Å². The van der Waals surface area contributed by atoms with E-state index in [1.807, 2.05) is 12.2 Å². The van der Waals surface area contributed by atoms with Crippen LogP contribution < -0.4 is 5.32 Å². The van der Waals surface area contributed by atoms with Gasteiger partial charge < -0.3 is 5.32 Å². The zero-order valence-corrected chi connectivity index (χ0v) is 8.92. The third kappa shape index (κ3) is 2.46. The first kappa shape index (κ1) is 11.0. The lowest BCUT2D eigenvalue weighted by molar-refractivity contribution is 0.537. The molecule has 0 aliphatic heterocycles. The van der Waals surface area contributed by atoms with Gasteiger partial charge in [0.25, 0.3) is 0 Å². The van der Waals surface area contributed by atoms with Gasteiger partial charge in [-0.05, 0) is 25.3 Å². The molecule has 0 spiro atoms. The predicted molar refractivity (Wildman–Crippen MR) is 63.3 cm³/mol. The summed E-state index contributed by atoms with van der Waals surface area (Å²) in [5.41, 5.74) is 1.19. The van der Waals surface area contributed by atoms with Gasteiger partial charge in [-0.15, -0.1) is 13.2 Å². The molecule has 1 unspecified atom stereocenters. The Morgan fingerprint density at radius 3 is 2.79 bits per heavy atom. The fourth-order valence-electron chi connectivity index (χ4n) is 1.57. The van der Waals surface area contributed by atoms with Gasteiger partial charge in [-0.25, -0.2) is 0 Å². The topological polar surface area (TPSA) is 12.0 Å². The Kier molecular flexibility index (Phi) is 3.90. The molecule has 1 atom stereocenters. The van der Waals surface area contributed by atoms with E-state index in [0.29, 0.717) is 0 Å². The summed E-state index contributed by atoms with van der Waals surface area (Å²) in [7, 11) is 0. The third-order valence-electron chi connectivity index (χ3n) is 2.62. The molecule has 0 heterocycles. The molecule has 0 bridgehead atoms. The molecule has 0 saturated heterocycles. The summed E-state index contributed by atoms with van der Waals surface area (Å²) in [6.07, 6.45) is 12.8. The Labute approximate surface area is 86.9 Å². The monoisotopic (exact) mass is 189 g/mol. The van der Waals surface area contributed by atoms with E-state index in [-0.39, 0.29) is 5.54 Å². The summed E-state index contributed by atoms with van der Waals surface area (Å²) >= 11 is 0. The van der Waals surface area contributed by atoms with Crippen molar-refractivity contribution < 1.29 is 0 Å². The van der Waals surface area contributed by atoms with Crippen LogP contribution in [0, 0.1) is 0 Å². The van der Waals surface area contributed by atoms with Gasteiger partial charge in [-0.2, -0.15) is 0 Å². The van der Waals surface area contributed by atoms with Crippen LogP contribution in [0.5, 0.6) is 0 Å². The molecular formula is C13H19N. The van der Waals surface area contributed by atoms with E-state index in [2.05, 4.69) is 43.6 Å². The Bertz CT molecular complexity index is 273. The lowest BCUT2D eigenvalue weighted by Crippen LogP contribution is -2.42. The maximum Gasteiger partial charge on any atom is 0.0588 e. The molecule has 0 aromatic heterocycles. The van der Waals surface area contributed by atoms with Crippen molar-refractivity contribution in [2.24, 2.45) is 0 Å². The average molecular weight is 189 g/mol.